The van der Waals surface area contributed by atoms with Gasteiger partial charge in [0.1, 0.15) is 0 Å². The molecule has 21 heavy (non-hydrogen) atoms. The Hall–Kier alpha value is -1.93. The molecule has 1 saturated heterocycles. The van der Waals surface area contributed by atoms with Crippen LogP contribution < -0.4 is 5.32 Å². The van der Waals surface area contributed by atoms with E-state index in [2.05, 4.69) is 5.32 Å². The Balaban J connectivity index is 2.27. The molecular formula is C13H15NO6S. The highest BCUT2D eigenvalue weighted by molar-refractivity contribution is 7.90. The summed E-state index contributed by atoms with van der Waals surface area (Å²) < 4.78 is 28.0. The number of hydrogen-bond donors (Lipinski definition) is 2. The maximum atomic E-state index is 12.2. The third-order valence-corrected chi connectivity index (χ3v) is 4.42. The van der Waals surface area contributed by atoms with Crippen LogP contribution in [-0.4, -0.2) is 50.4 Å². The summed E-state index contributed by atoms with van der Waals surface area (Å²) in [6.07, 6.45) is 1.20. The Morgan fingerprint density at radius 3 is 2.62 bits per heavy atom. The molecule has 1 aliphatic heterocycles. The highest BCUT2D eigenvalue weighted by Crippen LogP contribution is 2.20. The van der Waals surface area contributed by atoms with Gasteiger partial charge in [0.15, 0.2) is 15.4 Å². The van der Waals surface area contributed by atoms with Crippen molar-refractivity contribution in [3.8, 4) is 0 Å². The monoisotopic (exact) mass is 313 g/mol. The van der Waals surface area contributed by atoms with E-state index >= 15 is 0 Å². The van der Waals surface area contributed by atoms with Gasteiger partial charge in [0.25, 0.3) is 5.91 Å². The van der Waals surface area contributed by atoms with Crippen LogP contribution in [0, 0.1) is 0 Å². The Bertz CT molecular complexity index is 676. The van der Waals surface area contributed by atoms with Gasteiger partial charge in [-0.2, -0.15) is 0 Å². The van der Waals surface area contributed by atoms with E-state index in [1.54, 1.807) is 0 Å². The molecule has 1 atom stereocenters. The van der Waals surface area contributed by atoms with Crippen molar-refractivity contribution < 1.29 is 27.9 Å². The van der Waals surface area contributed by atoms with E-state index in [-0.39, 0.29) is 30.1 Å². The van der Waals surface area contributed by atoms with Gasteiger partial charge in [0.05, 0.1) is 11.5 Å². The Morgan fingerprint density at radius 2 is 2.10 bits per heavy atom. The maximum absolute atomic E-state index is 12.2. The van der Waals surface area contributed by atoms with Crippen molar-refractivity contribution in [2.75, 3.05) is 19.5 Å². The molecule has 1 aliphatic rings. The molecule has 2 rings (SSSR count). The molecule has 2 N–H and O–H groups in total. The zero-order valence-electron chi connectivity index (χ0n) is 11.3. The minimum absolute atomic E-state index is 0.00203. The predicted molar refractivity (Wildman–Crippen MR) is 72.8 cm³/mol. The lowest BCUT2D eigenvalue weighted by Crippen LogP contribution is -2.55. The molecular weight excluding hydrogens is 298 g/mol. The summed E-state index contributed by atoms with van der Waals surface area (Å²) in [4.78, 5) is 23.5. The fourth-order valence-electron chi connectivity index (χ4n) is 2.04. The van der Waals surface area contributed by atoms with Crippen LogP contribution in [0.15, 0.2) is 29.2 Å². The number of benzene rings is 1. The van der Waals surface area contributed by atoms with Gasteiger partial charge < -0.3 is 15.2 Å². The average molecular weight is 313 g/mol. The molecule has 0 bridgehead atoms. The van der Waals surface area contributed by atoms with Crippen LogP contribution in [0.1, 0.15) is 16.8 Å². The van der Waals surface area contributed by atoms with Crippen LogP contribution in [0.2, 0.25) is 0 Å². The Morgan fingerprint density at radius 1 is 1.38 bits per heavy atom. The quantitative estimate of drug-likeness (QED) is 0.813. The van der Waals surface area contributed by atoms with Gasteiger partial charge in [-0.1, -0.05) is 6.07 Å². The number of nitrogens with one attached hydrogen (secondary N) is 1. The number of ether oxygens (including phenoxy) is 1. The summed E-state index contributed by atoms with van der Waals surface area (Å²) in [5.74, 6) is -1.82. The fourth-order valence-corrected chi connectivity index (χ4v) is 2.71. The van der Waals surface area contributed by atoms with Gasteiger partial charge in [0.2, 0.25) is 0 Å². The molecule has 0 aromatic heterocycles. The number of carboxylic acids is 1. The van der Waals surface area contributed by atoms with Crippen molar-refractivity contribution in [2.45, 2.75) is 16.9 Å². The number of rotatable bonds is 4. The number of carboxylic acid groups (broad SMARTS) is 1. The first-order valence-electron chi connectivity index (χ1n) is 6.18. The van der Waals surface area contributed by atoms with Crippen LogP contribution in [0.3, 0.4) is 0 Å². The number of carbonyl (C=O) groups excluding carboxylic acids is 1. The number of carbonyl (C=O) groups is 2. The van der Waals surface area contributed by atoms with Crippen LogP contribution >= 0.6 is 0 Å². The predicted octanol–water partition coefficient (Wildman–Crippen LogP) is 0.0636. The third-order valence-electron chi connectivity index (χ3n) is 3.31. The summed E-state index contributed by atoms with van der Waals surface area (Å²) in [6, 6.07) is 5.45. The van der Waals surface area contributed by atoms with Crippen LogP contribution in [0.5, 0.6) is 0 Å². The summed E-state index contributed by atoms with van der Waals surface area (Å²) in [5.41, 5.74) is -1.37. The van der Waals surface area contributed by atoms with Gasteiger partial charge in [-0.3, -0.25) is 4.79 Å². The SMILES string of the molecule is CS(=O)(=O)c1cccc(C(=O)NC2(C(=O)O)CCOC2)c1. The van der Waals surface area contributed by atoms with E-state index < -0.39 is 27.3 Å². The first kappa shape index (κ1) is 15.5. The zero-order chi connectivity index (χ0) is 15.7. The smallest absolute Gasteiger partial charge is 0.331 e. The fraction of sp³-hybridized carbons (Fsp3) is 0.385. The Labute approximate surface area is 121 Å². The molecule has 0 aliphatic carbocycles. The number of amides is 1. The zero-order valence-corrected chi connectivity index (χ0v) is 12.1. The molecule has 1 aromatic carbocycles. The molecule has 1 amide bonds. The van der Waals surface area contributed by atoms with E-state index in [9.17, 15) is 23.1 Å². The highest BCUT2D eigenvalue weighted by atomic mass is 32.2. The van der Waals surface area contributed by atoms with Crippen molar-refractivity contribution in [1.82, 2.24) is 5.32 Å². The van der Waals surface area contributed by atoms with E-state index in [4.69, 9.17) is 4.74 Å². The molecule has 1 fully saturated rings. The van der Waals surface area contributed by atoms with Gasteiger partial charge in [-0.25, -0.2) is 13.2 Å². The van der Waals surface area contributed by atoms with Crippen molar-refractivity contribution >= 4 is 21.7 Å². The largest absolute Gasteiger partial charge is 0.479 e. The first-order valence-corrected chi connectivity index (χ1v) is 8.07. The molecule has 1 unspecified atom stereocenters. The Kier molecular flexibility index (Phi) is 4.02. The standard InChI is InChI=1S/C13H15NO6S/c1-21(18,19)10-4-2-3-9(7-10)11(15)14-13(12(16)17)5-6-20-8-13/h2-4,7H,5-6,8H2,1H3,(H,14,15)(H,16,17). The van der Waals surface area contributed by atoms with Crippen molar-refractivity contribution in [3.05, 3.63) is 29.8 Å². The van der Waals surface area contributed by atoms with Crippen molar-refractivity contribution in [1.29, 1.82) is 0 Å². The van der Waals surface area contributed by atoms with Gasteiger partial charge in [0, 0.05) is 24.8 Å². The average Bonchev–Trinajstić information content (AvgIpc) is 2.88. The second-order valence-corrected chi connectivity index (χ2v) is 6.96. The minimum Gasteiger partial charge on any atom is -0.479 e. The molecule has 0 radical (unpaired) electrons. The second-order valence-electron chi connectivity index (χ2n) is 4.94. The van der Waals surface area contributed by atoms with Crippen LogP contribution in [0.4, 0.5) is 0 Å². The molecule has 7 nitrogen and oxygen atoms in total. The lowest BCUT2D eigenvalue weighted by atomic mass is 9.98. The van der Waals surface area contributed by atoms with Crippen molar-refractivity contribution in [3.63, 3.8) is 0 Å². The van der Waals surface area contributed by atoms with E-state index in [1.807, 2.05) is 0 Å². The summed E-state index contributed by atoms with van der Waals surface area (Å²) in [7, 11) is -3.44. The number of hydrogen-bond acceptors (Lipinski definition) is 5. The van der Waals surface area contributed by atoms with Gasteiger partial charge in [-0.15, -0.1) is 0 Å². The summed E-state index contributed by atoms with van der Waals surface area (Å²) in [6.45, 7) is 0.135. The summed E-state index contributed by atoms with van der Waals surface area (Å²) >= 11 is 0. The second kappa shape index (κ2) is 5.45. The van der Waals surface area contributed by atoms with Gasteiger partial charge >= 0.3 is 5.97 Å². The van der Waals surface area contributed by atoms with Gasteiger partial charge in [-0.05, 0) is 18.2 Å². The van der Waals surface area contributed by atoms with E-state index in [1.165, 1.54) is 24.3 Å². The highest BCUT2D eigenvalue weighted by Gasteiger charge is 2.44. The molecule has 8 heteroatoms. The van der Waals surface area contributed by atoms with Crippen LogP contribution in [0.25, 0.3) is 0 Å². The maximum Gasteiger partial charge on any atom is 0.331 e. The van der Waals surface area contributed by atoms with E-state index in [0.29, 0.717) is 0 Å². The van der Waals surface area contributed by atoms with Crippen molar-refractivity contribution in [2.24, 2.45) is 0 Å². The number of aliphatic carboxylic acids is 1. The molecule has 0 spiro atoms. The topological polar surface area (TPSA) is 110 Å². The lowest BCUT2D eigenvalue weighted by Gasteiger charge is -2.23. The molecule has 1 heterocycles. The van der Waals surface area contributed by atoms with E-state index in [0.717, 1.165) is 6.26 Å². The first-order chi connectivity index (χ1) is 9.74. The number of sulfone groups is 1. The molecule has 1 aromatic rings. The molecule has 114 valence electrons. The third kappa shape index (κ3) is 3.22. The normalized spacial score (nSPS) is 22.0. The minimum atomic E-state index is -3.44. The summed E-state index contributed by atoms with van der Waals surface area (Å²) in [5, 5.41) is 11.7. The lowest BCUT2D eigenvalue weighted by molar-refractivity contribution is -0.144. The molecule has 0 saturated carbocycles. The van der Waals surface area contributed by atoms with Crippen LogP contribution in [-0.2, 0) is 19.4 Å².